The second-order valence-electron chi connectivity index (χ2n) is 8.82. The van der Waals surface area contributed by atoms with Gasteiger partial charge in [0.15, 0.2) is 5.75 Å². The van der Waals surface area contributed by atoms with E-state index in [2.05, 4.69) is 0 Å². The fourth-order valence-corrected chi connectivity index (χ4v) is 4.95. The number of alkyl halides is 1. The van der Waals surface area contributed by atoms with Gasteiger partial charge in [0.25, 0.3) is 0 Å². The zero-order valence-corrected chi connectivity index (χ0v) is 23.5. The maximum Gasteiger partial charge on any atom is 0.234 e. The maximum atomic E-state index is 11.7. The van der Waals surface area contributed by atoms with Crippen LogP contribution in [0.3, 0.4) is 0 Å². The Bertz CT molecular complexity index is 1130. The summed E-state index contributed by atoms with van der Waals surface area (Å²) in [5, 5.41) is 20.4. The molecule has 0 aliphatic heterocycles. The van der Waals surface area contributed by atoms with Crippen LogP contribution in [0.2, 0.25) is 10.0 Å². The van der Waals surface area contributed by atoms with Crippen molar-refractivity contribution in [2.75, 3.05) is 31.9 Å². The van der Waals surface area contributed by atoms with Gasteiger partial charge in [0.1, 0.15) is 31.2 Å². The average Bonchev–Trinajstić information content (AvgIpc) is 2.79. The lowest BCUT2D eigenvalue weighted by Gasteiger charge is -2.27. The van der Waals surface area contributed by atoms with Crippen molar-refractivity contribution in [2.24, 2.45) is 0 Å². The average molecular weight is 583 g/mol. The van der Waals surface area contributed by atoms with Crippen molar-refractivity contribution in [3.8, 4) is 11.5 Å². The second kappa shape index (κ2) is 12.7. The highest BCUT2D eigenvalue weighted by atomic mass is 35.5. The molecule has 0 bridgehead atoms. The minimum absolute atomic E-state index is 0.0243. The first-order chi connectivity index (χ1) is 16.7. The summed E-state index contributed by atoms with van der Waals surface area (Å²) in [6.45, 7) is 4.46. The molecule has 2 rings (SSSR count). The van der Waals surface area contributed by atoms with Crippen molar-refractivity contribution in [1.29, 1.82) is 0 Å². The van der Waals surface area contributed by atoms with Crippen molar-refractivity contribution in [3.05, 3.63) is 57.6 Å². The van der Waals surface area contributed by atoms with Crippen LogP contribution >= 0.6 is 34.8 Å². The number of aliphatic hydroxyl groups is 2. The molecule has 0 aliphatic rings. The number of carbonyl (C=O) groups is 1. The van der Waals surface area contributed by atoms with Crippen LogP contribution in [0.4, 0.5) is 0 Å². The molecule has 200 valence electrons. The summed E-state index contributed by atoms with van der Waals surface area (Å²) in [6.07, 6.45) is -1.14. The number of ether oxygens (including phenoxy) is 2. The Labute approximate surface area is 226 Å². The number of amides is 1. The van der Waals surface area contributed by atoms with Crippen LogP contribution in [0, 0.1) is 0 Å². The Hall–Kier alpha value is -1.75. The van der Waals surface area contributed by atoms with E-state index < -0.39 is 40.1 Å². The Morgan fingerprint density at radius 3 is 2.00 bits per heavy atom. The van der Waals surface area contributed by atoms with Crippen LogP contribution < -0.4 is 9.47 Å². The molecule has 36 heavy (non-hydrogen) atoms. The highest BCUT2D eigenvalue weighted by Crippen LogP contribution is 2.40. The number of benzene rings is 2. The molecule has 0 heterocycles. The molecule has 0 fully saturated rings. The molecule has 0 radical (unpaired) electrons. The van der Waals surface area contributed by atoms with Crippen LogP contribution in [0.5, 0.6) is 11.5 Å². The van der Waals surface area contributed by atoms with Crippen LogP contribution in [0.1, 0.15) is 31.9 Å². The molecule has 2 aromatic carbocycles. The summed E-state index contributed by atoms with van der Waals surface area (Å²) >= 11 is 18.4. The first kappa shape index (κ1) is 30.5. The van der Waals surface area contributed by atoms with Gasteiger partial charge in [-0.05, 0) is 35.4 Å². The number of sulfonamides is 1. The molecule has 2 N–H and O–H groups in total. The molecular formula is C24H30Cl3NO7S. The summed E-state index contributed by atoms with van der Waals surface area (Å²) in [5.74, 6) is 0.0654. The van der Waals surface area contributed by atoms with Gasteiger partial charge in [-0.2, -0.15) is 0 Å². The van der Waals surface area contributed by atoms with E-state index in [1.54, 1.807) is 24.3 Å². The summed E-state index contributed by atoms with van der Waals surface area (Å²) < 4.78 is 35.0. The largest absolute Gasteiger partial charge is 0.491 e. The second-order valence-corrected chi connectivity index (χ2v) is 11.8. The number of nitrogens with zero attached hydrogens (tertiary/aromatic N) is 1. The first-order valence-electron chi connectivity index (χ1n) is 10.9. The molecular weight excluding hydrogens is 553 g/mol. The summed E-state index contributed by atoms with van der Waals surface area (Å²) in [5.41, 5.74) is 1.25. The standard InChI is InChI=1S/C24H30Cl3NO7S/c1-15(29)28(36(4,32)33)12-19(31)14-34-20-7-5-16(6-8-20)24(2,3)17-9-21(26)23(22(27)10-17)35-13-18(30)11-25/h5-10,18-19,30-31H,11-14H2,1-4H3/t18-,19+/m0/s1. The number of hydrogen-bond donors (Lipinski definition) is 2. The van der Waals surface area contributed by atoms with E-state index in [0.29, 0.717) is 20.1 Å². The third-order valence-electron chi connectivity index (χ3n) is 5.46. The lowest BCUT2D eigenvalue weighted by molar-refractivity contribution is -0.125. The van der Waals surface area contributed by atoms with Gasteiger partial charge in [-0.3, -0.25) is 4.79 Å². The Balaban J connectivity index is 2.10. The van der Waals surface area contributed by atoms with E-state index in [1.807, 2.05) is 26.0 Å². The van der Waals surface area contributed by atoms with Crippen LogP contribution in [0.15, 0.2) is 36.4 Å². The van der Waals surface area contributed by atoms with Crippen molar-refractivity contribution in [2.45, 2.75) is 38.4 Å². The van der Waals surface area contributed by atoms with Gasteiger partial charge < -0.3 is 19.7 Å². The van der Waals surface area contributed by atoms with E-state index in [1.165, 1.54) is 0 Å². The van der Waals surface area contributed by atoms with E-state index in [-0.39, 0.29) is 24.8 Å². The monoisotopic (exact) mass is 581 g/mol. The number of hydrogen-bond acceptors (Lipinski definition) is 7. The maximum absolute atomic E-state index is 11.7. The van der Waals surface area contributed by atoms with Crippen molar-refractivity contribution in [3.63, 3.8) is 0 Å². The molecule has 0 saturated heterocycles. The smallest absolute Gasteiger partial charge is 0.234 e. The van der Waals surface area contributed by atoms with Gasteiger partial charge in [0.05, 0.1) is 28.7 Å². The number of aliphatic hydroxyl groups excluding tert-OH is 2. The minimum Gasteiger partial charge on any atom is -0.491 e. The van der Waals surface area contributed by atoms with E-state index in [0.717, 1.165) is 24.3 Å². The molecule has 1 amide bonds. The Kier molecular flexibility index (Phi) is 10.7. The Morgan fingerprint density at radius 2 is 1.53 bits per heavy atom. The van der Waals surface area contributed by atoms with Crippen molar-refractivity contribution in [1.82, 2.24) is 4.31 Å². The fraction of sp³-hybridized carbons (Fsp3) is 0.458. The topological polar surface area (TPSA) is 113 Å². The molecule has 12 heteroatoms. The highest BCUT2D eigenvalue weighted by molar-refractivity contribution is 7.88. The zero-order valence-electron chi connectivity index (χ0n) is 20.4. The molecule has 0 aliphatic carbocycles. The number of halogens is 3. The SMILES string of the molecule is CC(=O)N(C[C@@H](O)COc1ccc(C(C)(C)c2cc(Cl)c(OC[C@@H](O)CCl)c(Cl)c2)cc1)S(C)(=O)=O. The summed E-state index contributed by atoms with van der Waals surface area (Å²) in [7, 11) is -3.78. The third kappa shape index (κ3) is 8.13. The van der Waals surface area contributed by atoms with Crippen molar-refractivity contribution < 1.29 is 32.9 Å². The van der Waals surface area contributed by atoms with Gasteiger partial charge in [-0.25, -0.2) is 12.7 Å². The molecule has 0 saturated carbocycles. The van der Waals surface area contributed by atoms with Gasteiger partial charge in [0, 0.05) is 12.3 Å². The zero-order chi connectivity index (χ0) is 27.3. The van der Waals surface area contributed by atoms with Crippen molar-refractivity contribution >= 4 is 50.7 Å². The lowest BCUT2D eigenvalue weighted by atomic mass is 9.78. The van der Waals surface area contributed by atoms with E-state index >= 15 is 0 Å². The van der Waals surface area contributed by atoms with Gasteiger partial charge in [-0.1, -0.05) is 49.2 Å². The number of carbonyl (C=O) groups excluding carboxylic acids is 1. The molecule has 2 atom stereocenters. The van der Waals surface area contributed by atoms with Gasteiger partial charge in [-0.15, -0.1) is 11.6 Å². The number of rotatable bonds is 12. The van der Waals surface area contributed by atoms with Gasteiger partial charge >= 0.3 is 0 Å². The predicted octanol–water partition coefficient (Wildman–Crippen LogP) is 3.85. The lowest BCUT2D eigenvalue weighted by Crippen LogP contribution is -2.41. The molecule has 2 aromatic rings. The quantitative estimate of drug-likeness (QED) is 0.366. The van der Waals surface area contributed by atoms with Crippen LogP contribution in [0.25, 0.3) is 0 Å². The Morgan fingerprint density at radius 1 is 1.00 bits per heavy atom. The van der Waals surface area contributed by atoms with Crippen LogP contribution in [-0.2, 0) is 20.2 Å². The van der Waals surface area contributed by atoms with E-state index in [9.17, 15) is 23.4 Å². The minimum atomic E-state index is -3.78. The summed E-state index contributed by atoms with van der Waals surface area (Å²) in [4.78, 5) is 11.5. The predicted molar refractivity (Wildman–Crippen MR) is 141 cm³/mol. The molecule has 0 unspecified atom stereocenters. The molecule has 0 spiro atoms. The van der Waals surface area contributed by atoms with Gasteiger partial charge in [0.2, 0.25) is 15.9 Å². The van der Waals surface area contributed by atoms with Crippen LogP contribution in [-0.4, -0.2) is 72.9 Å². The third-order valence-corrected chi connectivity index (χ3v) is 7.59. The highest BCUT2D eigenvalue weighted by Gasteiger charge is 2.26. The molecule has 0 aromatic heterocycles. The molecule has 8 nitrogen and oxygen atoms in total. The summed E-state index contributed by atoms with van der Waals surface area (Å²) in [6, 6.07) is 10.6. The van der Waals surface area contributed by atoms with E-state index in [4.69, 9.17) is 44.3 Å². The fourth-order valence-electron chi connectivity index (χ4n) is 3.35. The first-order valence-corrected chi connectivity index (χ1v) is 14.1. The normalized spacial score (nSPS) is 13.7.